The number of halogens is 1. The van der Waals surface area contributed by atoms with Crippen LogP contribution in [0.5, 0.6) is 0 Å². The topological polar surface area (TPSA) is 72.2 Å². The van der Waals surface area contributed by atoms with E-state index in [0.717, 1.165) is 0 Å². The first-order valence-electron chi connectivity index (χ1n) is 5.90. The lowest BCUT2D eigenvalue weighted by atomic mass is 10.0. The largest absolute Gasteiger partial charge is 0.347 e. The summed E-state index contributed by atoms with van der Waals surface area (Å²) < 4.78 is 0. The average molecular weight is 285 g/mol. The molecular formula is C13H17ClN2O3. The number of aryl methyl sites for hydroxylation is 1. The third-order valence-corrected chi connectivity index (χ3v) is 2.90. The van der Waals surface area contributed by atoms with Gasteiger partial charge in [0.15, 0.2) is 0 Å². The van der Waals surface area contributed by atoms with Gasteiger partial charge in [0, 0.05) is 29.1 Å². The smallest absolute Gasteiger partial charge is 0.270 e. The molecule has 6 heteroatoms. The van der Waals surface area contributed by atoms with Gasteiger partial charge in [-0.2, -0.15) is 0 Å². The number of alkyl halides is 1. The van der Waals surface area contributed by atoms with Crippen molar-refractivity contribution >= 4 is 23.2 Å². The zero-order chi connectivity index (χ0) is 14.6. The van der Waals surface area contributed by atoms with E-state index in [0.29, 0.717) is 17.9 Å². The number of non-ortho nitro benzene ring substituents is 1. The minimum atomic E-state index is -0.506. The quantitative estimate of drug-likeness (QED) is 0.513. The van der Waals surface area contributed by atoms with E-state index in [1.165, 1.54) is 12.1 Å². The number of amides is 1. The highest BCUT2D eigenvalue weighted by atomic mass is 35.5. The molecule has 0 aliphatic heterocycles. The predicted octanol–water partition coefficient (Wildman–Crippen LogP) is 3.04. The van der Waals surface area contributed by atoms with Crippen molar-refractivity contribution in [3.05, 3.63) is 39.4 Å². The number of carbonyl (C=O) groups is 1. The summed E-state index contributed by atoms with van der Waals surface area (Å²) in [4.78, 5) is 22.4. The molecule has 5 nitrogen and oxygen atoms in total. The normalized spacial score (nSPS) is 11.2. The molecule has 19 heavy (non-hydrogen) atoms. The van der Waals surface area contributed by atoms with Gasteiger partial charge in [-0.05, 0) is 38.8 Å². The van der Waals surface area contributed by atoms with Crippen LogP contribution in [0.2, 0.25) is 0 Å². The van der Waals surface area contributed by atoms with E-state index in [-0.39, 0.29) is 17.2 Å². The Hall–Kier alpha value is -1.62. The van der Waals surface area contributed by atoms with Gasteiger partial charge in [0.1, 0.15) is 0 Å². The van der Waals surface area contributed by atoms with Crippen molar-refractivity contribution in [2.75, 3.05) is 5.88 Å². The number of benzene rings is 1. The lowest BCUT2D eigenvalue weighted by Gasteiger charge is -2.25. The van der Waals surface area contributed by atoms with Crippen LogP contribution in [0.4, 0.5) is 5.69 Å². The molecule has 0 saturated heterocycles. The number of nitrogens with one attached hydrogen (secondary N) is 1. The number of hydrogen-bond donors (Lipinski definition) is 1. The first-order chi connectivity index (χ1) is 8.75. The van der Waals surface area contributed by atoms with Crippen molar-refractivity contribution in [3.8, 4) is 0 Å². The van der Waals surface area contributed by atoms with E-state index >= 15 is 0 Å². The average Bonchev–Trinajstić information content (AvgIpc) is 2.27. The van der Waals surface area contributed by atoms with Crippen molar-refractivity contribution in [2.45, 2.75) is 32.7 Å². The maximum atomic E-state index is 12.1. The summed E-state index contributed by atoms with van der Waals surface area (Å²) in [6.45, 7) is 5.43. The SMILES string of the molecule is Cc1cc(C(=O)NC(C)(C)CCCl)cc([N+](=O)[O-])c1. The second-order valence-corrected chi connectivity index (χ2v) is 5.47. The van der Waals surface area contributed by atoms with E-state index < -0.39 is 10.5 Å². The van der Waals surface area contributed by atoms with Gasteiger partial charge < -0.3 is 5.32 Å². The van der Waals surface area contributed by atoms with Crippen LogP contribution < -0.4 is 5.32 Å². The van der Waals surface area contributed by atoms with E-state index in [9.17, 15) is 14.9 Å². The lowest BCUT2D eigenvalue weighted by Crippen LogP contribution is -2.43. The highest BCUT2D eigenvalue weighted by Crippen LogP contribution is 2.18. The molecular weight excluding hydrogens is 268 g/mol. The van der Waals surface area contributed by atoms with Gasteiger partial charge in [-0.15, -0.1) is 11.6 Å². The molecule has 1 aromatic rings. The third-order valence-electron chi connectivity index (χ3n) is 2.71. The minimum Gasteiger partial charge on any atom is -0.347 e. The molecule has 0 atom stereocenters. The molecule has 0 aromatic heterocycles. The highest BCUT2D eigenvalue weighted by molar-refractivity contribution is 6.17. The maximum Gasteiger partial charge on any atom is 0.270 e. The first kappa shape index (κ1) is 15.4. The molecule has 0 aliphatic rings. The lowest BCUT2D eigenvalue weighted by molar-refractivity contribution is -0.384. The van der Waals surface area contributed by atoms with Crippen molar-refractivity contribution < 1.29 is 9.72 Å². The summed E-state index contributed by atoms with van der Waals surface area (Å²) in [7, 11) is 0. The fourth-order valence-electron chi connectivity index (χ4n) is 1.68. The second-order valence-electron chi connectivity index (χ2n) is 5.09. The van der Waals surface area contributed by atoms with E-state index in [1.807, 2.05) is 13.8 Å². The fourth-order valence-corrected chi connectivity index (χ4v) is 2.15. The summed E-state index contributed by atoms with van der Waals surface area (Å²) in [5.74, 6) is 0.100. The van der Waals surface area contributed by atoms with Gasteiger partial charge in [0.2, 0.25) is 0 Å². The Morgan fingerprint density at radius 1 is 1.42 bits per heavy atom. The standard InChI is InChI=1S/C13H17ClN2O3/c1-9-6-10(8-11(7-9)16(18)19)12(17)15-13(2,3)4-5-14/h6-8H,4-5H2,1-3H3,(H,15,17). The molecule has 1 amide bonds. The number of nitrogens with zero attached hydrogens (tertiary/aromatic N) is 1. The molecule has 0 bridgehead atoms. The van der Waals surface area contributed by atoms with E-state index in [1.54, 1.807) is 13.0 Å². The summed E-state index contributed by atoms with van der Waals surface area (Å²) in [6.07, 6.45) is 0.619. The molecule has 1 N–H and O–H groups in total. The number of carbonyl (C=O) groups excluding carboxylic acids is 1. The Balaban J connectivity index is 2.97. The molecule has 0 saturated carbocycles. The van der Waals surface area contributed by atoms with Crippen molar-refractivity contribution in [2.24, 2.45) is 0 Å². The number of hydrogen-bond acceptors (Lipinski definition) is 3. The van der Waals surface area contributed by atoms with Crippen LogP contribution in [0.3, 0.4) is 0 Å². The summed E-state index contributed by atoms with van der Waals surface area (Å²) >= 11 is 5.67. The Bertz CT molecular complexity index is 501. The second kappa shape index (κ2) is 6.02. The molecule has 1 aromatic carbocycles. The fraction of sp³-hybridized carbons (Fsp3) is 0.462. The summed E-state index contributed by atoms with van der Waals surface area (Å²) in [6, 6.07) is 4.33. The number of rotatable bonds is 5. The van der Waals surface area contributed by atoms with Crippen molar-refractivity contribution in [3.63, 3.8) is 0 Å². The van der Waals surface area contributed by atoms with Crippen molar-refractivity contribution in [1.29, 1.82) is 0 Å². The first-order valence-corrected chi connectivity index (χ1v) is 6.43. The summed E-state index contributed by atoms with van der Waals surface area (Å²) in [5, 5.41) is 13.6. The van der Waals surface area contributed by atoms with Gasteiger partial charge in [0.05, 0.1) is 4.92 Å². The molecule has 0 aliphatic carbocycles. The molecule has 0 radical (unpaired) electrons. The summed E-state index contributed by atoms with van der Waals surface area (Å²) in [5.41, 5.74) is 0.432. The van der Waals surface area contributed by atoms with Crippen LogP contribution in [0.1, 0.15) is 36.2 Å². The van der Waals surface area contributed by atoms with E-state index in [2.05, 4.69) is 5.32 Å². The molecule has 0 heterocycles. The monoisotopic (exact) mass is 284 g/mol. The van der Waals surface area contributed by atoms with Gasteiger partial charge in [-0.25, -0.2) is 0 Å². The van der Waals surface area contributed by atoms with Gasteiger partial charge in [0.25, 0.3) is 11.6 Å². The van der Waals surface area contributed by atoms with Gasteiger partial charge in [-0.3, -0.25) is 14.9 Å². The zero-order valence-electron chi connectivity index (χ0n) is 11.2. The van der Waals surface area contributed by atoms with Crippen LogP contribution in [-0.2, 0) is 0 Å². The maximum absolute atomic E-state index is 12.1. The Kier molecular flexibility index (Phi) is 4.89. The molecule has 1 rings (SSSR count). The predicted molar refractivity (Wildman–Crippen MR) is 74.7 cm³/mol. The molecule has 104 valence electrons. The van der Waals surface area contributed by atoms with Crippen LogP contribution in [0.25, 0.3) is 0 Å². The molecule has 0 fully saturated rings. The van der Waals surface area contributed by atoms with Gasteiger partial charge in [-0.1, -0.05) is 0 Å². The Morgan fingerprint density at radius 3 is 2.58 bits per heavy atom. The molecule has 0 unspecified atom stereocenters. The third kappa shape index (κ3) is 4.52. The Morgan fingerprint density at radius 2 is 2.05 bits per heavy atom. The van der Waals surface area contributed by atoms with Crippen LogP contribution in [0.15, 0.2) is 18.2 Å². The minimum absolute atomic E-state index is 0.0831. The highest BCUT2D eigenvalue weighted by Gasteiger charge is 2.21. The van der Waals surface area contributed by atoms with Crippen LogP contribution >= 0.6 is 11.6 Å². The Labute approximate surface area is 117 Å². The zero-order valence-corrected chi connectivity index (χ0v) is 12.0. The number of nitro benzene ring substituents is 1. The van der Waals surface area contributed by atoms with E-state index in [4.69, 9.17) is 11.6 Å². The van der Waals surface area contributed by atoms with Crippen LogP contribution in [-0.4, -0.2) is 22.2 Å². The van der Waals surface area contributed by atoms with Gasteiger partial charge >= 0.3 is 0 Å². The number of nitro groups is 1. The van der Waals surface area contributed by atoms with Crippen LogP contribution in [0, 0.1) is 17.0 Å². The molecule has 0 spiro atoms. The van der Waals surface area contributed by atoms with Crippen molar-refractivity contribution in [1.82, 2.24) is 5.32 Å².